The Kier molecular flexibility index (Phi) is 4.14. The minimum Gasteiger partial charge on any atom is -0.326 e. The van der Waals surface area contributed by atoms with Gasteiger partial charge in [0.2, 0.25) is 5.91 Å². The van der Waals surface area contributed by atoms with E-state index in [2.05, 4.69) is 39.9 Å². The van der Waals surface area contributed by atoms with Crippen LogP contribution in [0.1, 0.15) is 41.0 Å². The molecule has 1 saturated heterocycles. The summed E-state index contributed by atoms with van der Waals surface area (Å²) in [4.78, 5) is 14.1. The van der Waals surface area contributed by atoms with Crippen molar-refractivity contribution in [1.29, 1.82) is 0 Å². The van der Waals surface area contributed by atoms with Crippen LogP contribution in [-0.2, 0) is 4.79 Å². The topological polar surface area (TPSA) is 32.3 Å². The van der Waals surface area contributed by atoms with Crippen LogP contribution < -0.4 is 5.32 Å². The van der Waals surface area contributed by atoms with Gasteiger partial charge in [0.15, 0.2) is 0 Å². The zero-order chi connectivity index (χ0) is 11.6. The molecule has 3 unspecified atom stereocenters. The molecule has 88 valence electrons. The first kappa shape index (κ1) is 12.5. The van der Waals surface area contributed by atoms with Crippen molar-refractivity contribution < 1.29 is 4.79 Å². The summed E-state index contributed by atoms with van der Waals surface area (Å²) in [5.41, 5.74) is 0. The average Bonchev–Trinajstić information content (AvgIpc) is 2.57. The zero-order valence-electron chi connectivity index (χ0n) is 10.6. The number of nitrogens with zero attached hydrogens (tertiary/aromatic N) is 1. The van der Waals surface area contributed by atoms with Gasteiger partial charge >= 0.3 is 0 Å². The summed E-state index contributed by atoms with van der Waals surface area (Å²) in [6, 6.07) is 0.371. The fourth-order valence-electron chi connectivity index (χ4n) is 1.93. The van der Waals surface area contributed by atoms with Gasteiger partial charge in [-0.1, -0.05) is 34.1 Å². The van der Waals surface area contributed by atoms with Crippen LogP contribution in [0.15, 0.2) is 0 Å². The van der Waals surface area contributed by atoms with Crippen molar-refractivity contribution in [3.8, 4) is 0 Å². The number of rotatable bonds is 4. The third-order valence-electron chi connectivity index (χ3n) is 3.70. The number of carbonyl (C=O) groups is 1. The third-order valence-corrected chi connectivity index (χ3v) is 3.70. The number of hydrogen-bond acceptors (Lipinski definition) is 2. The Bertz CT molecular complexity index is 228. The van der Waals surface area contributed by atoms with E-state index in [1.54, 1.807) is 0 Å². The molecule has 0 aliphatic carbocycles. The molecule has 0 aromatic rings. The summed E-state index contributed by atoms with van der Waals surface area (Å²) < 4.78 is 0. The molecule has 1 aliphatic rings. The molecule has 3 atom stereocenters. The lowest BCUT2D eigenvalue weighted by atomic mass is 9.98. The van der Waals surface area contributed by atoms with E-state index in [1.165, 1.54) is 0 Å². The van der Waals surface area contributed by atoms with Crippen LogP contribution in [-0.4, -0.2) is 29.6 Å². The van der Waals surface area contributed by atoms with E-state index in [9.17, 15) is 4.79 Å². The molecule has 1 fully saturated rings. The summed E-state index contributed by atoms with van der Waals surface area (Å²) in [7, 11) is 0. The Labute approximate surface area is 93.2 Å². The fraction of sp³-hybridized carbons (Fsp3) is 0.917. The number of carbonyl (C=O) groups excluding carboxylic acids is 1. The quantitative estimate of drug-likeness (QED) is 0.771. The first-order valence-corrected chi connectivity index (χ1v) is 6.02. The van der Waals surface area contributed by atoms with Gasteiger partial charge in [0.1, 0.15) is 0 Å². The van der Waals surface area contributed by atoms with Gasteiger partial charge in [-0.3, -0.25) is 10.1 Å². The van der Waals surface area contributed by atoms with Gasteiger partial charge in [-0.05, 0) is 18.8 Å². The lowest BCUT2D eigenvalue weighted by molar-refractivity contribution is -0.132. The van der Waals surface area contributed by atoms with Crippen molar-refractivity contribution in [1.82, 2.24) is 10.2 Å². The average molecular weight is 212 g/mol. The van der Waals surface area contributed by atoms with Crippen LogP contribution in [0.2, 0.25) is 0 Å². The van der Waals surface area contributed by atoms with Gasteiger partial charge < -0.3 is 4.90 Å². The monoisotopic (exact) mass is 212 g/mol. The van der Waals surface area contributed by atoms with E-state index < -0.39 is 0 Å². The van der Waals surface area contributed by atoms with E-state index in [0.29, 0.717) is 24.5 Å². The Balaban J connectivity index is 2.64. The number of hydrogen-bond donors (Lipinski definition) is 1. The highest BCUT2D eigenvalue weighted by atomic mass is 16.2. The van der Waals surface area contributed by atoms with E-state index in [-0.39, 0.29) is 11.9 Å². The molecule has 0 aromatic heterocycles. The predicted molar refractivity (Wildman–Crippen MR) is 62.4 cm³/mol. The van der Waals surface area contributed by atoms with Gasteiger partial charge in [-0.2, -0.15) is 0 Å². The second-order valence-corrected chi connectivity index (χ2v) is 5.02. The number of amides is 1. The van der Waals surface area contributed by atoms with E-state index in [1.807, 2.05) is 4.90 Å². The van der Waals surface area contributed by atoms with Crippen molar-refractivity contribution in [2.75, 3.05) is 6.67 Å². The molecule has 0 spiro atoms. The summed E-state index contributed by atoms with van der Waals surface area (Å²) in [6.07, 6.45) is 1.05. The molecule has 1 amide bonds. The molecule has 3 heteroatoms. The van der Waals surface area contributed by atoms with Crippen LogP contribution in [0.4, 0.5) is 0 Å². The molecule has 0 bridgehead atoms. The third kappa shape index (κ3) is 2.51. The maximum Gasteiger partial charge on any atom is 0.241 e. The Morgan fingerprint density at radius 2 is 2.00 bits per heavy atom. The molecule has 0 radical (unpaired) electrons. The highest BCUT2D eigenvalue weighted by Crippen LogP contribution is 2.20. The second kappa shape index (κ2) is 4.97. The van der Waals surface area contributed by atoms with Gasteiger partial charge in [0.25, 0.3) is 0 Å². The molecule has 1 heterocycles. The lowest BCUT2D eigenvalue weighted by Crippen LogP contribution is -2.41. The van der Waals surface area contributed by atoms with E-state index in [4.69, 9.17) is 0 Å². The molecular weight excluding hydrogens is 188 g/mol. The van der Waals surface area contributed by atoms with Crippen molar-refractivity contribution in [2.24, 2.45) is 11.8 Å². The molecule has 1 aliphatic heterocycles. The van der Waals surface area contributed by atoms with Crippen LogP contribution in [0.3, 0.4) is 0 Å². The van der Waals surface area contributed by atoms with Gasteiger partial charge in [0.05, 0.1) is 12.7 Å². The smallest absolute Gasteiger partial charge is 0.241 e. The zero-order valence-corrected chi connectivity index (χ0v) is 10.6. The van der Waals surface area contributed by atoms with Crippen LogP contribution in [0.25, 0.3) is 0 Å². The van der Waals surface area contributed by atoms with Gasteiger partial charge in [-0.25, -0.2) is 0 Å². The molecular formula is C12H24N2O. The maximum atomic E-state index is 12.1. The summed E-state index contributed by atoms with van der Waals surface area (Å²) in [6.45, 7) is 11.4. The first-order chi connectivity index (χ1) is 6.99. The summed E-state index contributed by atoms with van der Waals surface area (Å²) in [5, 5.41) is 3.32. The normalized spacial score (nSPS) is 26.1. The maximum absolute atomic E-state index is 12.1. The fourth-order valence-corrected chi connectivity index (χ4v) is 1.93. The van der Waals surface area contributed by atoms with E-state index >= 15 is 0 Å². The Morgan fingerprint density at radius 1 is 1.40 bits per heavy atom. The summed E-state index contributed by atoms with van der Waals surface area (Å²) in [5.74, 6) is 1.24. The molecule has 3 nitrogen and oxygen atoms in total. The predicted octanol–water partition coefficient (Wildman–Crippen LogP) is 1.83. The van der Waals surface area contributed by atoms with Crippen LogP contribution >= 0.6 is 0 Å². The Hall–Kier alpha value is -0.570. The SMILES string of the molecule is CCC(C)C1NCN(C(C)C(C)C)C1=O. The minimum absolute atomic E-state index is 0.0381. The van der Waals surface area contributed by atoms with Crippen LogP contribution in [0.5, 0.6) is 0 Å². The van der Waals surface area contributed by atoms with Crippen molar-refractivity contribution in [2.45, 2.75) is 53.1 Å². The summed E-state index contributed by atoms with van der Waals surface area (Å²) >= 11 is 0. The minimum atomic E-state index is 0.0381. The van der Waals surface area contributed by atoms with Crippen molar-refractivity contribution in [3.05, 3.63) is 0 Å². The number of nitrogens with one attached hydrogen (secondary N) is 1. The molecule has 0 saturated carbocycles. The standard InChI is InChI=1S/C12H24N2O/c1-6-9(4)11-12(15)14(7-13-11)10(5)8(2)3/h8-11,13H,6-7H2,1-5H3. The lowest BCUT2D eigenvalue weighted by Gasteiger charge is -2.27. The Morgan fingerprint density at radius 3 is 2.47 bits per heavy atom. The molecule has 0 aromatic carbocycles. The molecule has 15 heavy (non-hydrogen) atoms. The van der Waals surface area contributed by atoms with E-state index in [0.717, 1.165) is 6.42 Å². The molecule has 1 N–H and O–H groups in total. The van der Waals surface area contributed by atoms with Crippen molar-refractivity contribution in [3.63, 3.8) is 0 Å². The molecule has 1 rings (SSSR count). The van der Waals surface area contributed by atoms with Crippen molar-refractivity contribution >= 4 is 5.91 Å². The largest absolute Gasteiger partial charge is 0.326 e. The second-order valence-electron chi connectivity index (χ2n) is 5.02. The first-order valence-electron chi connectivity index (χ1n) is 6.02. The van der Waals surface area contributed by atoms with Gasteiger partial charge in [-0.15, -0.1) is 0 Å². The highest BCUT2D eigenvalue weighted by molar-refractivity contribution is 5.84. The highest BCUT2D eigenvalue weighted by Gasteiger charge is 2.36. The van der Waals surface area contributed by atoms with Gasteiger partial charge in [0, 0.05) is 6.04 Å². The van der Waals surface area contributed by atoms with Crippen LogP contribution in [0, 0.1) is 11.8 Å².